The second kappa shape index (κ2) is 7.36. The van der Waals surface area contributed by atoms with E-state index in [2.05, 4.69) is 29.8 Å². The van der Waals surface area contributed by atoms with Crippen molar-refractivity contribution < 1.29 is 12.6 Å². The molecule has 0 heterocycles. The Hall–Kier alpha value is -1.29. The monoisotopic (exact) mass is 200 g/mol. The molecule has 72 valence electrons. The number of hydrogen-bond donors (Lipinski definition) is 1. The van der Waals surface area contributed by atoms with Gasteiger partial charge in [-0.05, 0) is 6.92 Å². The van der Waals surface area contributed by atoms with Gasteiger partial charge in [-0.3, -0.25) is 0 Å². The van der Waals surface area contributed by atoms with Gasteiger partial charge in [-0.1, -0.05) is 42.5 Å². The van der Waals surface area contributed by atoms with E-state index in [0.29, 0.717) is 0 Å². The molecule has 13 heavy (non-hydrogen) atoms. The lowest BCUT2D eigenvalue weighted by atomic mass is 10.2. The van der Waals surface area contributed by atoms with Gasteiger partial charge in [0, 0.05) is 0 Å². The number of thiol groups is 1. The second-order valence-electron chi connectivity index (χ2n) is 2.15. The molecule has 0 aliphatic heterocycles. The van der Waals surface area contributed by atoms with Gasteiger partial charge in [-0.15, -0.1) is 0 Å². The third-order valence-corrected chi connectivity index (χ3v) is 1.42. The van der Waals surface area contributed by atoms with Gasteiger partial charge in [0.1, 0.15) is 0 Å². The van der Waals surface area contributed by atoms with Gasteiger partial charge < -0.3 is 4.18 Å². The van der Waals surface area contributed by atoms with Crippen molar-refractivity contribution in [2.75, 3.05) is 0 Å². The first-order chi connectivity index (χ1) is 6.16. The Balaban J connectivity index is 0.000000226. The van der Waals surface area contributed by atoms with Crippen molar-refractivity contribution in [3.63, 3.8) is 0 Å². The Labute approximate surface area is 79.8 Å². The molecule has 0 aliphatic rings. The van der Waals surface area contributed by atoms with Gasteiger partial charge in [0.25, 0.3) is 11.0 Å². The molecule has 0 aromatic heterocycles. The first-order valence-corrected chi connectivity index (χ1v) is 4.70. The third kappa shape index (κ3) is 8.62. The Morgan fingerprint density at radius 3 is 2.00 bits per heavy atom. The molecular weight excluding hydrogens is 188 g/mol. The van der Waals surface area contributed by atoms with Crippen LogP contribution in [0.15, 0.2) is 43.2 Å². The van der Waals surface area contributed by atoms with E-state index in [1.54, 1.807) is 0 Å². The highest BCUT2D eigenvalue weighted by atomic mass is 32.2. The van der Waals surface area contributed by atoms with Crippen LogP contribution in [-0.4, -0.2) is 8.42 Å². The SMILES string of the molecule is C=CO[SH](=O)=O.Cc1ccccc1. The Morgan fingerprint density at radius 1 is 1.31 bits per heavy atom. The van der Waals surface area contributed by atoms with Gasteiger partial charge >= 0.3 is 0 Å². The maximum atomic E-state index is 9.34. The van der Waals surface area contributed by atoms with Crippen LogP contribution >= 0.6 is 0 Å². The predicted molar refractivity (Wildman–Crippen MR) is 52.8 cm³/mol. The number of hydrogen-bond acceptors (Lipinski definition) is 3. The highest BCUT2D eigenvalue weighted by molar-refractivity contribution is 7.67. The second-order valence-corrected chi connectivity index (χ2v) is 2.81. The van der Waals surface area contributed by atoms with Crippen LogP contribution in [0.25, 0.3) is 0 Å². The molecule has 0 unspecified atom stereocenters. The zero-order valence-electron chi connectivity index (χ0n) is 7.34. The lowest BCUT2D eigenvalue weighted by molar-refractivity contribution is 0.468. The van der Waals surface area contributed by atoms with Gasteiger partial charge in [-0.25, -0.2) is 0 Å². The van der Waals surface area contributed by atoms with Crippen LogP contribution in [0.1, 0.15) is 5.56 Å². The molecule has 1 aromatic carbocycles. The van der Waals surface area contributed by atoms with Crippen LogP contribution < -0.4 is 0 Å². The van der Waals surface area contributed by atoms with Crippen molar-refractivity contribution in [2.24, 2.45) is 0 Å². The zero-order valence-corrected chi connectivity index (χ0v) is 8.24. The Morgan fingerprint density at radius 2 is 1.85 bits per heavy atom. The minimum absolute atomic E-state index is 0.853. The largest absolute Gasteiger partial charge is 0.393 e. The van der Waals surface area contributed by atoms with Crippen molar-refractivity contribution in [1.29, 1.82) is 0 Å². The maximum Gasteiger partial charge on any atom is 0.298 e. The molecule has 0 amide bonds. The third-order valence-electron chi connectivity index (χ3n) is 1.10. The van der Waals surface area contributed by atoms with Crippen LogP contribution in [0.4, 0.5) is 0 Å². The standard InChI is InChI=1S/C7H8.C2H4O3S/c1-7-5-3-2-4-6-7;1-2-5-6(3)4/h2-6H,1H3;2,6H,1H2. The van der Waals surface area contributed by atoms with E-state index >= 15 is 0 Å². The molecule has 0 aliphatic carbocycles. The fourth-order valence-electron chi connectivity index (χ4n) is 0.595. The summed E-state index contributed by atoms with van der Waals surface area (Å²) in [6, 6.07) is 10.3. The number of aryl methyl sites for hydroxylation is 1. The fourth-order valence-corrected chi connectivity index (χ4v) is 0.717. The summed E-state index contributed by atoms with van der Waals surface area (Å²) in [5.41, 5.74) is 1.32. The van der Waals surface area contributed by atoms with Gasteiger partial charge in [0.15, 0.2) is 0 Å². The summed E-state index contributed by atoms with van der Waals surface area (Å²) in [6.07, 6.45) is 0.853. The van der Waals surface area contributed by atoms with E-state index in [0.717, 1.165) is 6.26 Å². The Bertz CT molecular complexity index is 296. The smallest absolute Gasteiger partial charge is 0.298 e. The molecule has 4 heteroatoms. The van der Waals surface area contributed by atoms with Crippen LogP contribution in [0, 0.1) is 6.92 Å². The molecule has 0 bridgehead atoms. The molecule has 0 saturated heterocycles. The maximum absolute atomic E-state index is 9.34. The Kier molecular flexibility index (Phi) is 6.63. The minimum Gasteiger partial charge on any atom is -0.393 e. The lowest BCUT2D eigenvalue weighted by Crippen LogP contribution is -1.71. The van der Waals surface area contributed by atoms with Crippen molar-refractivity contribution in [3.05, 3.63) is 48.7 Å². The van der Waals surface area contributed by atoms with Crippen LogP contribution in [-0.2, 0) is 15.2 Å². The molecular formula is C9H12O3S. The van der Waals surface area contributed by atoms with Crippen LogP contribution in [0.5, 0.6) is 0 Å². The quantitative estimate of drug-likeness (QED) is 0.583. The highest BCUT2D eigenvalue weighted by Gasteiger charge is 1.72. The molecule has 0 radical (unpaired) electrons. The van der Waals surface area contributed by atoms with Crippen molar-refractivity contribution in [3.8, 4) is 0 Å². The summed E-state index contributed by atoms with van der Waals surface area (Å²) < 4.78 is 22.4. The lowest BCUT2D eigenvalue weighted by Gasteiger charge is -1.82. The zero-order chi connectivity index (χ0) is 10.1. The van der Waals surface area contributed by atoms with Crippen molar-refractivity contribution in [1.82, 2.24) is 0 Å². The average Bonchev–Trinajstić information content (AvgIpc) is 2.06. The predicted octanol–water partition coefficient (Wildman–Crippen LogP) is 1.67. The van der Waals surface area contributed by atoms with Gasteiger partial charge in [-0.2, -0.15) is 8.42 Å². The van der Waals surface area contributed by atoms with Gasteiger partial charge in [0.05, 0.1) is 6.26 Å². The molecule has 0 fully saturated rings. The minimum atomic E-state index is -2.72. The topological polar surface area (TPSA) is 43.4 Å². The summed E-state index contributed by atoms with van der Waals surface area (Å²) in [7, 11) is -2.72. The summed E-state index contributed by atoms with van der Waals surface area (Å²) in [6.45, 7) is 5.08. The van der Waals surface area contributed by atoms with Crippen LogP contribution in [0.3, 0.4) is 0 Å². The van der Waals surface area contributed by atoms with E-state index < -0.39 is 11.0 Å². The molecule has 1 rings (SSSR count). The van der Waals surface area contributed by atoms with E-state index in [9.17, 15) is 8.42 Å². The van der Waals surface area contributed by atoms with E-state index in [-0.39, 0.29) is 0 Å². The molecule has 0 atom stereocenters. The normalized spacial score (nSPS) is 8.46. The summed E-state index contributed by atoms with van der Waals surface area (Å²) in [4.78, 5) is 0. The van der Waals surface area contributed by atoms with Gasteiger partial charge in [0.2, 0.25) is 0 Å². The molecule has 0 N–H and O–H groups in total. The average molecular weight is 200 g/mol. The summed E-state index contributed by atoms with van der Waals surface area (Å²) >= 11 is 0. The molecule has 0 saturated carbocycles. The molecule has 3 nitrogen and oxygen atoms in total. The number of benzene rings is 1. The fraction of sp³-hybridized carbons (Fsp3) is 0.111. The molecule has 0 spiro atoms. The first kappa shape index (κ1) is 11.7. The van der Waals surface area contributed by atoms with E-state index in [1.165, 1.54) is 5.56 Å². The first-order valence-electron chi connectivity index (χ1n) is 3.60. The van der Waals surface area contributed by atoms with Crippen molar-refractivity contribution >= 4 is 11.0 Å². The summed E-state index contributed by atoms with van der Waals surface area (Å²) in [5, 5.41) is 0. The van der Waals surface area contributed by atoms with Crippen LogP contribution in [0.2, 0.25) is 0 Å². The van der Waals surface area contributed by atoms with Crippen molar-refractivity contribution in [2.45, 2.75) is 6.92 Å². The van der Waals surface area contributed by atoms with E-state index in [4.69, 9.17) is 0 Å². The highest BCUT2D eigenvalue weighted by Crippen LogP contribution is 1.92. The number of rotatable bonds is 2. The summed E-state index contributed by atoms with van der Waals surface area (Å²) in [5.74, 6) is 0. The van der Waals surface area contributed by atoms with E-state index in [1.807, 2.05) is 18.2 Å². The molecule has 1 aromatic rings.